The smallest absolute Gasteiger partial charge is 0.269 e. The van der Waals surface area contributed by atoms with Gasteiger partial charge >= 0.3 is 0 Å². The van der Waals surface area contributed by atoms with Crippen molar-refractivity contribution in [2.24, 2.45) is 0 Å². The molecule has 0 fully saturated rings. The van der Waals surface area contributed by atoms with Crippen LogP contribution in [-0.2, 0) is 6.54 Å². The number of imidazole rings is 1. The van der Waals surface area contributed by atoms with E-state index in [1.165, 1.54) is 18.5 Å². The zero-order valence-corrected chi connectivity index (χ0v) is 10.8. The van der Waals surface area contributed by atoms with Crippen molar-refractivity contribution in [2.45, 2.75) is 6.54 Å². The van der Waals surface area contributed by atoms with Crippen LogP contribution in [0.2, 0.25) is 0 Å². The lowest BCUT2D eigenvalue weighted by atomic mass is 10.2. The predicted octanol–water partition coefficient (Wildman–Crippen LogP) is 1.46. The number of hydrogen-bond acceptors (Lipinski definition) is 7. The molecule has 0 radical (unpaired) electrons. The zero-order chi connectivity index (χ0) is 14.8. The first-order valence-corrected chi connectivity index (χ1v) is 6.07. The minimum atomic E-state index is -0.434. The van der Waals surface area contributed by atoms with Crippen molar-refractivity contribution < 1.29 is 4.92 Å². The number of fused-ring (bicyclic) bond motifs is 1. The Balaban J connectivity index is 1.80. The van der Waals surface area contributed by atoms with Crippen molar-refractivity contribution in [3.05, 3.63) is 46.3 Å². The lowest BCUT2D eigenvalue weighted by molar-refractivity contribution is -0.384. The summed E-state index contributed by atoms with van der Waals surface area (Å²) in [6, 6.07) is 6.27. The maximum absolute atomic E-state index is 10.6. The van der Waals surface area contributed by atoms with Crippen molar-refractivity contribution >= 4 is 28.6 Å². The molecule has 1 aromatic carbocycles. The van der Waals surface area contributed by atoms with Gasteiger partial charge in [-0.15, -0.1) is 0 Å². The van der Waals surface area contributed by atoms with E-state index in [1.54, 1.807) is 12.1 Å². The molecule has 0 bridgehead atoms. The van der Waals surface area contributed by atoms with Crippen LogP contribution in [0.3, 0.4) is 0 Å². The highest BCUT2D eigenvalue weighted by molar-refractivity contribution is 5.83. The average molecular weight is 285 g/mol. The molecule has 9 nitrogen and oxygen atoms in total. The number of nitrogen functional groups attached to an aromatic ring is 1. The van der Waals surface area contributed by atoms with Crippen molar-refractivity contribution in [3.8, 4) is 0 Å². The first-order valence-electron chi connectivity index (χ1n) is 6.07. The SMILES string of the molecule is Nc1nc(NCc2ccc([N+](=O)[O-])cc2)c2[nH]cnc2n1. The second kappa shape index (κ2) is 5.04. The van der Waals surface area contributed by atoms with Crippen LogP contribution in [0.15, 0.2) is 30.6 Å². The van der Waals surface area contributed by atoms with E-state index in [0.29, 0.717) is 23.5 Å². The summed E-state index contributed by atoms with van der Waals surface area (Å²) in [5, 5.41) is 13.7. The molecule has 106 valence electrons. The summed E-state index contributed by atoms with van der Waals surface area (Å²) in [6.45, 7) is 0.447. The van der Waals surface area contributed by atoms with Gasteiger partial charge in [0.25, 0.3) is 5.69 Å². The molecule has 0 aliphatic carbocycles. The monoisotopic (exact) mass is 285 g/mol. The average Bonchev–Trinajstić information content (AvgIpc) is 2.93. The Morgan fingerprint density at radius 3 is 2.76 bits per heavy atom. The molecule has 0 saturated carbocycles. The lowest BCUT2D eigenvalue weighted by Crippen LogP contribution is -2.05. The van der Waals surface area contributed by atoms with Gasteiger partial charge in [0, 0.05) is 18.7 Å². The van der Waals surface area contributed by atoms with Crippen molar-refractivity contribution in [1.29, 1.82) is 0 Å². The Kier molecular flexibility index (Phi) is 3.07. The second-order valence-corrected chi connectivity index (χ2v) is 4.31. The maximum atomic E-state index is 10.6. The number of aromatic amines is 1. The highest BCUT2D eigenvalue weighted by Gasteiger charge is 2.09. The summed E-state index contributed by atoms with van der Waals surface area (Å²) >= 11 is 0. The summed E-state index contributed by atoms with van der Waals surface area (Å²) in [6.07, 6.45) is 1.51. The third-order valence-corrected chi connectivity index (χ3v) is 2.91. The minimum Gasteiger partial charge on any atom is -0.368 e. The highest BCUT2D eigenvalue weighted by atomic mass is 16.6. The Labute approximate surface area is 118 Å². The number of aromatic nitrogens is 4. The number of nitro groups is 1. The Bertz CT molecular complexity index is 797. The number of H-pyrrole nitrogens is 1. The van der Waals surface area contributed by atoms with Crippen molar-refractivity contribution in [3.63, 3.8) is 0 Å². The predicted molar refractivity (Wildman–Crippen MR) is 76.5 cm³/mol. The molecule has 2 heterocycles. The van der Waals surface area contributed by atoms with Crippen LogP contribution in [0.5, 0.6) is 0 Å². The van der Waals surface area contributed by atoms with Crippen LogP contribution >= 0.6 is 0 Å². The van der Waals surface area contributed by atoms with E-state index in [4.69, 9.17) is 5.73 Å². The molecule has 3 rings (SSSR count). The molecule has 0 spiro atoms. The largest absolute Gasteiger partial charge is 0.368 e. The molecule has 0 saturated heterocycles. The summed E-state index contributed by atoms with van der Waals surface area (Å²) in [7, 11) is 0. The van der Waals surface area contributed by atoms with E-state index < -0.39 is 4.92 Å². The molecule has 4 N–H and O–H groups in total. The Hall–Kier alpha value is -3.23. The summed E-state index contributed by atoms with van der Waals surface area (Å²) < 4.78 is 0. The van der Waals surface area contributed by atoms with Crippen LogP contribution < -0.4 is 11.1 Å². The molecular formula is C12H11N7O2. The molecular weight excluding hydrogens is 274 g/mol. The van der Waals surface area contributed by atoms with Crippen LogP contribution in [0, 0.1) is 10.1 Å². The lowest BCUT2D eigenvalue weighted by Gasteiger charge is -2.07. The standard InChI is InChI=1S/C12H11N7O2/c13-12-17-10(9-11(18-12)16-6-15-9)14-5-7-1-3-8(4-2-7)19(20)21/h1-4,6H,5H2,(H4,13,14,15,16,17,18). The van der Waals surface area contributed by atoms with Gasteiger partial charge in [0.15, 0.2) is 11.5 Å². The quantitative estimate of drug-likeness (QED) is 0.487. The third-order valence-electron chi connectivity index (χ3n) is 2.91. The van der Waals surface area contributed by atoms with E-state index in [-0.39, 0.29) is 11.6 Å². The normalized spacial score (nSPS) is 10.7. The number of non-ortho nitro benzene ring substituents is 1. The zero-order valence-electron chi connectivity index (χ0n) is 10.8. The molecule has 0 aliphatic heterocycles. The van der Waals surface area contributed by atoms with Crippen LogP contribution in [-0.4, -0.2) is 24.9 Å². The van der Waals surface area contributed by atoms with Gasteiger partial charge in [-0.25, -0.2) is 4.98 Å². The van der Waals surface area contributed by atoms with Gasteiger partial charge < -0.3 is 16.0 Å². The molecule has 0 unspecified atom stereocenters. The number of nitrogens with one attached hydrogen (secondary N) is 2. The summed E-state index contributed by atoms with van der Waals surface area (Å²) in [4.78, 5) is 25.2. The topological polar surface area (TPSA) is 136 Å². The molecule has 21 heavy (non-hydrogen) atoms. The van der Waals surface area contributed by atoms with Gasteiger partial charge in [-0.2, -0.15) is 9.97 Å². The summed E-state index contributed by atoms with van der Waals surface area (Å²) in [5.41, 5.74) is 7.69. The number of hydrogen-bond donors (Lipinski definition) is 3. The van der Waals surface area contributed by atoms with Crippen LogP contribution in [0.4, 0.5) is 17.5 Å². The molecule has 0 atom stereocenters. The fourth-order valence-corrected chi connectivity index (χ4v) is 1.90. The number of rotatable bonds is 4. The molecule has 3 aromatic rings. The van der Waals surface area contributed by atoms with Crippen molar-refractivity contribution in [1.82, 2.24) is 19.9 Å². The van der Waals surface area contributed by atoms with Crippen LogP contribution in [0.1, 0.15) is 5.56 Å². The number of nitro benzene ring substituents is 1. The van der Waals surface area contributed by atoms with Crippen molar-refractivity contribution in [2.75, 3.05) is 11.1 Å². The number of nitrogens with two attached hydrogens (primary N) is 1. The van der Waals surface area contributed by atoms with Gasteiger partial charge in [-0.1, -0.05) is 12.1 Å². The maximum Gasteiger partial charge on any atom is 0.269 e. The fourth-order valence-electron chi connectivity index (χ4n) is 1.90. The molecule has 9 heteroatoms. The number of benzene rings is 1. The second-order valence-electron chi connectivity index (χ2n) is 4.31. The van der Waals surface area contributed by atoms with E-state index in [9.17, 15) is 10.1 Å². The van der Waals surface area contributed by atoms with E-state index in [0.717, 1.165) is 5.56 Å². The first kappa shape index (κ1) is 12.8. The van der Waals surface area contributed by atoms with E-state index in [2.05, 4.69) is 25.3 Å². The molecule has 0 amide bonds. The van der Waals surface area contributed by atoms with E-state index >= 15 is 0 Å². The minimum absolute atomic E-state index is 0.0565. The van der Waals surface area contributed by atoms with Gasteiger partial charge in [0.05, 0.1) is 11.3 Å². The Morgan fingerprint density at radius 2 is 2.05 bits per heavy atom. The highest BCUT2D eigenvalue weighted by Crippen LogP contribution is 2.18. The molecule has 2 aromatic heterocycles. The van der Waals surface area contributed by atoms with Crippen LogP contribution in [0.25, 0.3) is 11.2 Å². The third kappa shape index (κ3) is 2.56. The van der Waals surface area contributed by atoms with E-state index in [1.807, 2.05) is 0 Å². The number of anilines is 2. The first-order chi connectivity index (χ1) is 10.1. The van der Waals surface area contributed by atoms with Gasteiger partial charge in [0.1, 0.15) is 5.52 Å². The fraction of sp³-hybridized carbons (Fsp3) is 0.0833. The molecule has 0 aliphatic rings. The van der Waals surface area contributed by atoms with Gasteiger partial charge in [-0.3, -0.25) is 10.1 Å². The van der Waals surface area contributed by atoms with Gasteiger partial charge in [-0.05, 0) is 5.56 Å². The Morgan fingerprint density at radius 1 is 1.29 bits per heavy atom. The number of nitrogens with zero attached hydrogens (tertiary/aromatic N) is 4. The van der Waals surface area contributed by atoms with Gasteiger partial charge in [0.2, 0.25) is 5.95 Å². The summed E-state index contributed by atoms with van der Waals surface area (Å²) in [5.74, 6) is 0.661.